The number of hydroxylamine groups is 1. The van der Waals surface area contributed by atoms with Gasteiger partial charge in [0.1, 0.15) is 10.4 Å². The predicted octanol–water partition coefficient (Wildman–Crippen LogP) is 1.24. The van der Waals surface area contributed by atoms with Crippen molar-refractivity contribution in [3.8, 4) is 0 Å². The number of carbonyl (C=O) groups excluding carboxylic acids is 1. The van der Waals surface area contributed by atoms with Gasteiger partial charge in [-0.05, 0) is 20.8 Å². The first-order valence-electron chi connectivity index (χ1n) is 3.99. The van der Waals surface area contributed by atoms with Gasteiger partial charge in [0, 0.05) is 6.54 Å². The van der Waals surface area contributed by atoms with Crippen LogP contribution in [0.1, 0.15) is 20.8 Å². The first-order valence-corrected chi connectivity index (χ1v) is 4.91. The largest absolute Gasteiger partial charge is 0.459 e. The van der Waals surface area contributed by atoms with E-state index in [0.29, 0.717) is 6.54 Å². The summed E-state index contributed by atoms with van der Waals surface area (Å²) in [6.45, 7) is 5.86. The third-order valence-corrected chi connectivity index (χ3v) is 1.77. The van der Waals surface area contributed by atoms with E-state index in [4.69, 9.17) is 4.74 Å². The van der Waals surface area contributed by atoms with Crippen LogP contribution in [0.5, 0.6) is 0 Å². The molecule has 0 aromatic heterocycles. The summed E-state index contributed by atoms with van der Waals surface area (Å²) < 4.78 is 5.12. The Morgan fingerprint density at radius 2 is 2.08 bits per heavy atom. The maximum atomic E-state index is 11.3. The van der Waals surface area contributed by atoms with E-state index in [1.54, 1.807) is 0 Å². The van der Waals surface area contributed by atoms with Gasteiger partial charge in [-0.2, -0.15) is 0 Å². The van der Waals surface area contributed by atoms with Crippen molar-refractivity contribution in [2.75, 3.05) is 13.7 Å². The molecule has 0 saturated heterocycles. The molecular formula is C8H16BrNO3. The minimum atomic E-state index is -0.448. The molecule has 0 aromatic rings. The summed E-state index contributed by atoms with van der Waals surface area (Å²) >= 11 is 3.18. The third-order valence-electron chi connectivity index (χ3n) is 1.07. The summed E-state index contributed by atoms with van der Waals surface area (Å²) in [5.74, 6) is -0.294. The van der Waals surface area contributed by atoms with E-state index < -0.39 is 5.60 Å². The van der Waals surface area contributed by atoms with Crippen molar-refractivity contribution in [3.63, 3.8) is 0 Å². The van der Waals surface area contributed by atoms with Crippen LogP contribution < -0.4 is 5.48 Å². The molecule has 5 heteroatoms. The molecule has 78 valence electrons. The van der Waals surface area contributed by atoms with Gasteiger partial charge in [-0.3, -0.25) is 4.79 Å². The summed E-state index contributed by atoms with van der Waals surface area (Å²) in [4.78, 5) is 15.5. The van der Waals surface area contributed by atoms with Gasteiger partial charge in [-0.15, -0.1) is 0 Å². The van der Waals surface area contributed by atoms with E-state index in [0.717, 1.165) is 0 Å². The zero-order chi connectivity index (χ0) is 10.5. The lowest BCUT2D eigenvalue weighted by molar-refractivity contribution is -0.154. The molecule has 4 nitrogen and oxygen atoms in total. The molecule has 0 amide bonds. The van der Waals surface area contributed by atoms with Crippen LogP contribution in [0.15, 0.2) is 0 Å². The molecule has 1 unspecified atom stereocenters. The summed E-state index contributed by atoms with van der Waals surface area (Å²) in [6, 6.07) is 0. The molecule has 0 saturated carbocycles. The summed E-state index contributed by atoms with van der Waals surface area (Å²) in [5, 5.41) is 0. The smallest absolute Gasteiger partial charge is 0.321 e. The quantitative estimate of drug-likeness (QED) is 0.466. The van der Waals surface area contributed by atoms with Crippen LogP contribution in [0.4, 0.5) is 0 Å². The molecule has 1 atom stereocenters. The van der Waals surface area contributed by atoms with E-state index in [1.807, 2.05) is 20.8 Å². The number of esters is 1. The van der Waals surface area contributed by atoms with Crippen LogP contribution >= 0.6 is 15.9 Å². The molecule has 0 aliphatic heterocycles. The van der Waals surface area contributed by atoms with Gasteiger partial charge in [-0.1, -0.05) is 15.9 Å². The minimum absolute atomic E-state index is 0.294. The highest BCUT2D eigenvalue weighted by Crippen LogP contribution is 2.11. The fourth-order valence-electron chi connectivity index (χ4n) is 0.606. The molecule has 0 rings (SSSR count). The second kappa shape index (κ2) is 5.57. The predicted molar refractivity (Wildman–Crippen MR) is 53.6 cm³/mol. The summed E-state index contributed by atoms with van der Waals surface area (Å²) in [5.41, 5.74) is 2.12. The summed E-state index contributed by atoms with van der Waals surface area (Å²) in [7, 11) is 1.49. The standard InChI is InChI=1S/C8H16BrNO3/c1-8(2,3)13-7(11)6(9)5-10-12-4/h6,10H,5H2,1-4H3. The fourth-order valence-corrected chi connectivity index (χ4v) is 0.831. The molecule has 13 heavy (non-hydrogen) atoms. The first-order chi connectivity index (χ1) is 5.87. The zero-order valence-electron chi connectivity index (χ0n) is 8.39. The van der Waals surface area contributed by atoms with Crippen LogP contribution in [0.2, 0.25) is 0 Å². The number of hydrogen-bond donors (Lipinski definition) is 1. The van der Waals surface area contributed by atoms with E-state index in [2.05, 4.69) is 26.2 Å². The summed E-state index contributed by atoms with van der Waals surface area (Å²) in [6.07, 6.45) is 0. The number of halogens is 1. The van der Waals surface area contributed by atoms with E-state index in [1.165, 1.54) is 7.11 Å². The fraction of sp³-hybridized carbons (Fsp3) is 0.875. The lowest BCUT2D eigenvalue weighted by atomic mass is 10.2. The maximum absolute atomic E-state index is 11.3. The van der Waals surface area contributed by atoms with Gasteiger partial charge in [0.2, 0.25) is 0 Å². The highest BCUT2D eigenvalue weighted by Gasteiger charge is 2.22. The average molecular weight is 254 g/mol. The highest BCUT2D eigenvalue weighted by molar-refractivity contribution is 9.10. The van der Waals surface area contributed by atoms with Crippen LogP contribution in [0, 0.1) is 0 Å². The Morgan fingerprint density at radius 3 is 2.46 bits per heavy atom. The van der Waals surface area contributed by atoms with Crippen molar-refractivity contribution in [2.24, 2.45) is 0 Å². The van der Waals surface area contributed by atoms with Gasteiger partial charge >= 0.3 is 5.97 Å². The van der Waals surface area contributed by atoms with Crippen molar-refractivity contribution < 1.29 is 14.4 Å². The maximum Gasteiger partial charge on any atom is 0.321 e. The van der Waals surface area contributed by atoms with Crippen LogP contribution in [-0.4, -0.2) is 30.1 Å². The Labute approximate surface area is 87.1 Å². The van der Waals surface area contributed by atoms with Crippen molar-refractivity contribution in [1.82, 2.24) is 5.48 Å². The normalized spacial score (nSPS) is 13.9. The van der Waals surface area contributed by atoms with E-state index in [-0.39, 0.29) is 10.8 Å². The number of alkyl halides is 1. The Hall–Kier alpha value is -0.130. The molecule has 0 heterocycles. The van der Waals surface area contributed by atoms with E-state index in [9.17, 15) is 4.79 Å². The second-order valence-corrected chi connectivity index (χ2v) is 4.66. The third kappa shape index (κ3) is 6.98. The molecule has 0 bridgehead atoms. The topological polar surface area (TPSA) is 47.6 Å². The van der Waals surface area contributed by atoms with Crippen LogP contribution in [-0.2, 0) is 14.4 Å². The lowest BCUT2D eigenvalue weighted by Gasteiger charge is -2.21. The number of ether oxygens (including phenoxy) is 1. The SMILES string of the molecule is CONCC(Br)C(=O)OC(C)(C)C. The van der Waals surface area contributed by atoms with Gasteiger partial charge in [-0.25, -0.2) is 5.48 Å². The van der Waals surface area contributed by atoms with Gasteiger partial charge < -0.3 is 9.57 Å². The molecule has 0 radical (unpaired) electrons. The van der Waals surface area contributed by atoms with E-state index >= 15 is 0 Å². The number of hydrogen-bond acceptors (Lipinski definition) is 4. The van der Waals surface area contributed by atoms with Crippen molar-refractivity contribution >= 4 is 21.9 Å². The van der Waals surface area contributed by atoms with Crippen LogP contribution in [0.25, 0.3) is 0 Å². The molecular weight excluding hydrogens is 238 g/mol. The lowest BCUT2D eigenvalue weighted by Crippen LogP contribution is -2.34. The van der Waals surface area contributed by atoms with Crippen molar-refractivity contribution in [2.45, 2.75) is 31.2 Å². The molecule has 0 aliphatic carbocycles. The van der Waals surface area contributed by atoms with Crippen LogP contribution in [0.3, 0.4) is 0 Å². The Kier molecular flexibility index (Phi) is 5.51. The number of rotatable bonds is 4. The van der Waals surface area contributed by atoms with Gasteiger partial charge in [0.15, 0.2) is 0 Å². The van der Waals surface area contributed by atoms with Crippen molar-refractivity contribution in [3.05, 3.63) is 0 Å². The molecule has 1 N–H and O–H groups in total. The Bertz CT molecular complexity index is 167. The number of nitrogens with one attached hydrogen (secondary N) is 1. The monoisotopic (exact) mass is 253 g/mol. The van der Waals surface area contributed by atoms with Gasteiger partial charge in [0.25, 0.3) is 0 Å². The average Bonchev–Trinajstić information content (AvgIpc) is 1.96. The highest BCUT2D eigenvalue weighted by atomic mass is 79.9. The van der Waals surface area contributed by atoms with Gasteiger partial charge in [0.05, 0.1) is 7.11 Å². The number of carbonyl (C=O) groups is 1. The molecule has 0 aromatic carbocycles. The molecule has 0 fully saturated rings. The molecule has 0 spiro atoms. The molecule has 0 aliphatic rings. The Morgan fingerprint density at radius 1 is 1.54 bits per heavy atom. The minimum Gasteiger partial charge on any atom is -0.459 e. The second-order valence-electron chi connectivity index (χ2n) is 3.55. The Balaban J connectivity index is 3.83. The zero-order valence-corrected chi connectivity index (χ0v) is 9.97. The first kappa shape index (κ1) is 12.9. The van der Waals surface area contributed by atoms with Crippen molar-refractivity contribution in [1.29, 1.82) is 0 Å².